The van der Waals surface area contributed by atoms with E-state index in [0.717, 1.165) is 40.4 Å². The molecule has 3 N–H and O–H groups in total. The molecule has 3 aromatic heterocycles. The molecule has 0 saturated carbocycles. The number of aromatic nitrogens is 5. The molecule has 1 aromatic carbocycles. The van der Waals surface area contributed by atoms with Crippen LogP contribution in [-0.4, -0.2) is 45.1 Å². The van der Waals surface area contributed by atoms with Crippen molar-refractivity contribution in [3.63, 3.8) is 0 Å². The molecule has 162 valence electrons. The summed E-state index contributed by atoms with van der Waals surface area (Å²) in [6.45, 7) is 5.83. The molecule has 0 atom stereocenters. The van der Waals surface area contributed by atoms with Crippen molar-refractivity contribution in [3.8, 4) is 0 Å². The van der Waals surface area contributed by atoms with Crippen molar-refractivity contribution in [3.05, 3.63) is 70.4 Å². The summed E-state index contributed by atoms with van der Waals surface area (Å²) in [6.07, 6.45) is 0.543. The standard InChI is InChI=1S/C22H26FN7O/c1-14-9-21(28-27-14)25-20-12-18(13-24-7-8-31-3)30-22(26-20)19(15(2)29-30)11-16-5-4-6-17(23)10-16/h4-6,9-10,12,24H,7-8,11,13H2,1-3H3,(H2,25,26,27,28). The van der Waals surface area contributed by atoms with E-state index in [1.165, 1.54) is 6.07 Å². The molecule has 0 amide bonds. The van der Waals surface area contributed by atoms with Crippen LogP contribution in [0.15, 0.2) is 36.4 Å². The Labute approximate surface area is 179 Å². The number of halogens is 1. The molecule has 0 spiro atoms. The molecule has 0 aliphatic heterocycles. The van der Waals surface area contributed by atoms with Crippen molar-refractivity contribution in [2.75, 3.05) is 25.6 Å². The van der Waals surface area contributed by atoms with Gasteiger partial charge in [-0.05, 0) is 31.5 Å². The average Bonchev–Trinajstić information content (AvgIpc) is 3.28. The molecule has 0 fully saturated rings. The van der Waals surface area contributed by atoms with E-state index < -0.39 is 0 Å². The van der Waals surface area contributed by atoms with Crippen LogP contribution in [0.3, 0.4) is 0 Å². The molecule has 31 heavy (non-hydrogen) atoms. The number of benzene rings is 1. The normalized spacial score (nSPS) is 11.4. The molecular weight excluding hydrogens is 397 g/mol. The molecule has 0 aliphatic carbocycles. The Morgan fingerprint density at radius 3 is 2.77 bits per heavy atom. The molecule has 0 aliphatic rings. The molecule has 4 aromatic rings. The fraction of sp³-hybridized carbons (Fsp3) is 0.318. The first-order valence-corrected chi connectivity index (χ1v) is 10.1. The van der Waals surface area contributed by atoms with E-state index in [4.69, 9.17) is 14.8 Å². The van der Waals surface area contributed by atoms with Gasteiger partial charge in [-0.2, -0.15) is 10.2 Å². The third-order valence-electron chi connectivity index (χ3n) is 4.98. The smallest absolute Gasteiger partial charge is 0.161 e. The van der Waals surface area contributed by atoms with Gasteiger partial charge >= 0.3 is 0 Å². The minimum atomic E-state index is -0.251. The molecule has 0 saturated heterocycles. The highest BCUT2D eigenvalue weighted by atomic mass is 19.1. The third kappa shape index (κ3) is 4.89. The predicted octanol–water partition coefficient (Wildman–Crippen LogP) is 3.28. The first-order chi connectivity index (χ1) is 15.0. The Hall–Kier alpha value is -3.30. The first-order valence-electron chi connectivity index (χ1n) is 10.1. The number of rotatable bonds is 9. The van der Waals surface area contributed by atoms with Crippen LogP contribution < -0.4 is 10.6 Å². The van der Waals surface area contributed by atoms with Crippen molar-refractivity contribution in [2.45, 2.75) is 26.8 Å². The van der Waals surface area contributed by atoms with Crippen molar-refractivity contribution in [1.82, 2.24) is 30.1 Å². The largest absolute Gasteiger partial charge is 0.383 e. The lowest BCUT2D eigenvalue weighted by Gasteiger charge is -2.10. The predicted molar refractivity (Wildman–Crippen MR) is 117 cm³/mol. The SMILES string of the molecule is COCCNCc1cc(Nc2cc(C)[nH]n2)nc2c(Cc3cccc(F)c3)c(C)nn12. The zero-order valence-electron chi connectivity index (χ0n) is 17.9. The number of fused-ring (bicyclic) bond motifs is 1. The number of ether oxygens (including phenoxy) is 1. The van der Waals surface area contributed by atoms with Gasteiger partial charge in [0, 0.05) is 50.0 Å². The molecule has 8 nitrogen and oxygen atoms in total. The minimum absolute atomic E-state index is 0.251. The number of nitrogens with zero attached hydrogens (tertiary/aromatic N) is 4. The summed E-state index contributed by atoms with van der Waals surface area (Å²) < 4.78 is 20.7. The van der Waals surface area contributed by atoms with Gasteiger partial charge in [-0.1, -0.05) is 12.1 Å². The summed E-state index contributed by atoms with van der Waals surface area (Å²) in [5, 5.41) is 18.5. The first kappa shape index (κ1) is 21.0. The van der Waals surface area contributed by atoms with Crippen molar-refractivity contribution in [1.29, 1.82) is 0 Å². The maximum Gasteiger partial charge on any atom is 0.161 e. The monoisotopic (exact) mass is 423 g/mol. The molecule has 0 bridgehead atoms. The van der Waals surface area contributed by atoms with Crippen LogP contribution in [0.5, 0.6) is 0 Å². The zero-order chi connectivity index (χ0) is 21.8. The number of hydrogen-bond acceptors (Lipinski definition) is 6. The lowest BCUT2D eigenvalue weighted by Crippen LogP contribution is -2.20. The third-order valence-corrected chi connectivity index (χ3v) is 4.98. The van der Waals surface area contributed by atoms with Gasteiger partial charge in [-0.25, -0.2) is 13.9 Å². The van der Waals surface area contributed by atoms with E-state index in [-0.39, 0.29) is 5.82 Å². The summed E-state index contributed by atoms with van der Waals surface area (Å²) in [7, 11) is 1.68. The summed E-state index contributed by atoms with van der Waals surface area (Å²) in [4.78, 5) is 4.81. The number of anilines is 2. The van der Waals surface area contributed by atoms with Gasteiger partial charge in [0.05, 0.1) is 18.0 Å². The fourth-order valence-corrected chi connectivity index (χ4v) is 3.48. The van der Waals surface area contributed by atoms with E-state index in [0.29, 0.717) is 31.2 Å². The van der Waals surface area contributed by atoms with E-state index >= 15 is 0 Å². The van der Waals surface area contributed by atoms with Crippen LogP contribution in [0.2, 0.25) is 0 Å². The number of methoxy groups -OCH3 is 1. The van der Waals surface area contributed by atoms with E-state index in [1.807, 2.05) is 36.6 Å². The van der Waals surface area contributed by atoms with Gasteiger partial charge < -0.3 is 15.4 Å². The van der Waals surface area contributed by atoms with E-state index in [2.05, 4.69) is 20.8 Å². The summed E-state index contributed by atoms with van der Waals surface area (Å²) >= 11 is 0. The van der Waals surface area contributed by atoms with Crippen molar-refractivity contribution >= 4 is 17.3 Å². The zero-order valence-corrected chi connectivity index (χ0v) is 17.9. The van der Waals surface area contributed by atoms with E-state index in [9.17, 15) is 4.39 Å². The number of hydrogen-bond donors (Lipinski definition) is 3. The lowest BCUT2D eigenvalue weighted by molar-refractivity contribution is 0.199. The Balaban J connectivity index is 1.73. The van der Waals surface area contributed by atoms with Gasteiger partial charge in [-0.15, -0.1) is 0 Å². The van der Waals surface area contributed by atoms with Gasteiger partial charge in [0.25, 0.3) is 0 Å². The average molecular weight is 423 g/mol. The van der Waals surface area contributed by atoms with Crippen LogP contribution in [-0.2, 0) is 17.7 Å². The number of H-pyrrole nitrogens is 1. The topological polar surface area (TPSA) is 92.2 Å². The fourth-order valence-electron chi connectivity index (χ4n) is 3.48. The highest BCUT2D eigenvalue weighted by Gasteiger charge is 2.16. The number of aryl methyl sites for hydroxylation is 2. The summed E-state index contributed by atoms with van der Waals surface area (Å²) in [5.74, 6) is 1.11. The van der Waals surface area contributed by atoms with Crippen molar-refractivity contribution in [2.24, 2.45) is 0 Å². The maximum atomic E-state index is 13.7. The number of aromatic amines is 1. The Morgan fingerprint density at radius 1 is 1.16 bits per heavy atom. The number of nitrogens with one attached hydrogen (secondary N) is 3. The second-order valence-corrected chi connectivity index (χ2v) is 7.47. The minimum Gasteiger partial charge on any atom is -0.383 e. The van der Waals surface area contributed by atoms with Crippen LogP contribution >= 0.6 is 0 Å². The Bertz CT molecular complexity index is 1180. The quantitative estimate of drug-likeness (QED) is 0.358. The lowest BCUT2D eigenvalue weighted by atomic mass is 10.1. The van der Waals surface area contributed by atoms with Crippen LogP contribution in [0.25, 0.3) is 5.65 Å². The molecular formula is C22H26FN7O. The Morgan fingerprint density at radius 2 is 2.03 bits per heavy atom. The summed E-state index contributed by atoms with van der Waals surface area (Å²) in [5.41, 5.74) is 5.35. The van der Waals surface area contributed by atoms with Crippen LogP contribution in [0.1, 0.15) is 28.2 Å². The molecule has 4 rings (SSSR count). The van der Waals surface area contributed by atoms with Gasteiger partial charge in [-0.3, -0.25) is 5.10 Å². The van der Waals surface area contributed by atoms with Gasteiger partial charge in [0.15, 0.2) is 11.5 Å². The van der Waals surface area contributed by atoms with E-state index in [1.54, 1.807) is 19.2 Å². The molecule has 0 radical (unpaired) electrons. The van der Waals surface area contributed by atoms with Gasteiger partial charge in [0.1, 0.15) is 11.6 Å². The molecule has 9 heteroatoms. The van der Waals surface area contributed by atoms with Crippen LogP contribution in [0, 0.1) is 19.7 Å². The second-order valence-electron chi connectivity index (χ2n) is 7.47. The maximum absolute atomic E-state index is 13.7. The summed E-state index contributed by atoms with van der Waals surface area (Å²) in [6, 6.07) is 10.5. The molecule has 3 heterocycles. The van der Waals surface area contributed by atoms with Crippen molar-refractivity contribution < 1.29 is 9.13 Å². The van der Waals surface area contributed by atoms with Crippen LogP contribution in [0.4, 0.5) is 16.0 Å². The highest BCUT2D eigenvalue weighted by molar-refractivity contribution is 5.60. The van der Waals surface area contributed by atoms with Gasteiger partial charge in [0.2, 0.25) is 0 Å². The highest BCUT2D eigenvalue weighted by Crippen LogP contribution is 2.23. The molecule has 0 unspecified atom stereocenters. The Kier molecular flexibility index (Phi) is 6.24. The second kappa shape index (κ2) is 9.23.